The van der Waals surface area contributed by atoms with Crippen LogP contribution >= 0.6 is 11.8 Å². The Bertz CT molecular complexity index is 643. The van der Waals surface area contributed by atoms with E-state index in [9.17, 15) is 14.0 Å². The number of hydrogen-bond donors (Lipinski definition) is 1. The monoisotopic (exact) mass is 380 g/mol. The molecule has 1 N–H and O–H groups in total. The van der Waals surface area contributed by atoms with Gasteiger partial charge in [0.15, 0.2) is 5.17 Å². The predicted octanol–water partition coefficient (Wildman–Crippen LogP) is 3.72. The fourth-order valence-electron chi connectivity index (χ4n) is 3.05. The number of hydrogen-bond acceptors (Lipinski definition) is 4. The highest BCUT2D eigenvalue weighted by Gasteiger charge is 2.25. The molecule has 1 aromatic carbocycles. The average molecular weight is 380 g/mol. The summed E-state index contributed by atoms with van der Waals surface area (Å²) in [6.45, 7) is 1.70. The zero-order chi connectivity index (χ0) is 18.9. The van der Waals surface area contributed by atoms with Gasteiger partial charge >= 0.3 is 5.97 Å². The molecule has 1 aliphatic rings. The van der Waals surface area contributed by atoms with Crippen molar-refractivity contribution in [3.05, 3.63) is 35.6 Å². The quantitative estimate of drug-likeness (QED) is 0.577. The number of carbonyl (C=O) groups is 2. The molecule has 1 aromatic rings. The summed E-state index contributed by atoms with van der Waals surface area (Å²) >= 11 is 1.28. The van der Waals surface area contributed by atoms with Gasteiger partial charge in [-0.2, -0.15) is 0 Å². The topological polar surface area (TPSA) is 70.0 Å². The number of thioether (sulfide) groups is 1. The summed E-state index contributed by atoms with van der Waals surface area (Å²) < 4.78 is 13.2. The van der Waals surface area contributed by atoms with Gasteiger partial charge in [-0.25, -0.2) is 4.39 Å². The lowest BCUT2D eigenvalue weighted by Crippen LogP contribution is -2.40. The van der Waals surface area contributed by atoms with E-state index in [1.165, 1.54) is 37.2 Å². The van der Waals surface area contributed by atoms with Crippen LogP contribution in [-0.4, -0.2) is 45.3 Å². The highest BCUT2D eigenvalue weighted by atomic mass is 32.2. The lowest BCUT2D eigenvalue weighted by molar-refractivity contribution is -0.135. The molecule has 0 heterocycles. The molecule has 5 nitrogen and oxygen atoms in total. The Morgan fingerprint density at radius 3 is 2.46 bits per heavy atom. The van der Waals surface area contributed by atoms with Crippen LogP contribution in [0.25, 0.3) is 0 Å². The van der Waals surface area contributed by atoms with E-state index in [0.717, 1.165) is 31.2 Å². The number of rotatable bonds is 7. The first kappa shape index (κ1) is 20.4. The molecule has 0 unspecified atom stereocenters. The standard InChI is InChI=1S/C19H25FN2O3S/c1-14(23)13-26-19(21-11-18(24)25)22(17-5-3-2-4-6-17)12-15-7-9-16(20)10-8-15/h7-10,17H,2-6,11-13H2,1H3,(H,24,25)/b21-19-. The van der Waals surface area contributed by atoms with E-state index < -0.39 is 5.97 Å². The molecule has 0 bridgehead atoms. The van der Waals surface area contributed by atoms with E-state index in [0.29, 0.717) is 11.7 Å². The molecule has 7 heteroatoms. The summed E-state index contributed by atoms with van der Waals surface area (Å²) in [7, 11) is 0. The van der Waals surface area contributed by atoms with Crippen molar-refractivity contribution < 1.29 is 19.1 Å². The van der Waals surface area contributed by atoms with Crippen LogP contribution in [0.4, 0.5) is 4.39 Å². The second-order valence-electron chi connectivity index (χ2n) is 6.53. The van der Waals surface area contributed by atoms with Gasteiger partial charge in [0, 0.05) is 12.6 Å². The zero-order valence-electron chi connectivity index (χ0n) is 15.0. The van der Waals surface area contributed by atoms with Crippen molar-refractivity contribution in [2.45, 2.75) is 51.6 Å². The smallest absolute Gasteiger partial charge is 0.325 e. The SMILES string of the molecule is CC(=O)CS/C(=N\CC(=O)O)N(Cc1ccc(F)cc1)C1CCCCC1. The molecule has 1 fully saturated rings. The molecule has 0 aromatic heterocycles. The van der Waals surface area contributed by atoms with E-state index in [-0.39, 0.29) is 29.9 Å². The Hall–Kier alpha value is -1.89. The van der Waals surface area contributed by atoms with Gasteiger partial charge in [-0.3, -0.25) is 14.6 Å². The molecule has 0 spiro atoms. The Morgan fingerprint density at radius 1 is 1.23 bits per heavy atom. The number of amidine groups is 1. The Balaban J connectivity index is 2.26. The number of aliphatic carboxylic acids is 1. The molecule has 0 radical (unpaired) electrons. The first-order valence-corrected chi connectivity index (χ1v) is 9.84. The minimum absolute atomic E-state index is 0.0170. The summed E-state index contributed by atoms with van der Waals surface area (Å²) in [4.78, 5) is 28.8. The second kappa shape index (κ2) is 10.3. The number of nitrogens with zero attached hydrogens (tertiary/aromatic N) is 2. The van der Waals surface area contributed by atoms with Crippen molar-refractivity contribution in [1.82, 2.24) is 4.90 Å². The molecule has 0 atom stereocenters. The van der Waals surface area contributed by atoms with Crippen LogP contribution in [0.3, 0.4) is 0 Å². The van der Waals surface area contributed by atoms with Gasteiger partial charge in [-0.05, 0) is 37.5 Å². The Morgan fingerprint density at radius 2 is 1.88 bits per heavy atom. The average Bonchev–Trinajstić information content (AvgIpc) is 2.62. The summed E-state index contributed by atoms with van der Waals surface area (Å²) in [5.41, 5.74) is 0.934. The minimum atomic E-state index is -1.00. The van der Waals surface area contributed by atoms with Gasteiger partial charge in [0.05, 0.1) is 5.75 Å². The van der Waals surface area contributed by atoms with Crippen LogP contribution in [0.1, 0.15) is 44.6 Å². The van der Waals surface area contributed by atoms with Crippen LogP contribution in [-0.2, 0) is 16.1 Å². The highest BCUT2D eigenvalue weighted by molar-refractivity contribution is 8.14. The minimum Gasteiger partial charge on any atom is -0.480 e. The molecule has 142 valence electrons. The summed E-state index contributed by atoms with van der Waals surface area (Å²) in [5.74, 6) is -1.02. The van der Waals surface area contributed by atoms with E-state index in [1.807, 2.05) is 0 Å². The molecule has 1 aliphatic carbocycles. The molecule has 0 saturated heterocycles. The molecule has 0 aliphatic heterocycles. The van der Waals surface area contributed by atoms with Gasteiger partial charge in [0.25, 0.3) is 0 Å². The second-order valence-corrected chi connectivity index (χ2v) is 7.47. The lowest BCUT2D eigenvalue weighted by atomic mass is 9.94. The number of ketones is 1. The molecular weight excluding hydrogens is 355 g/mol. The third-order valence-corrected chi connectivity index (χ3v) is 5.45. The Kier molecular flexibility index (Phi) is 8.09. The number of Topliss-reactive ketones (excluding diaryl/α,β-unsaturated/α-hetero) is 1. The lowest BCUT2D eigenvalue weighted by Gasteiger charge is -2.36. The van der Waals surface area contributed by atoms with E-state index in [4.69, 9.17) is 5.11 Å². The van der Waals surface area contributed by atoms with Crippen molar-refractivity contribution >= 4 is 28.7 Å². The van der Waals surface area contributed by atoms with Crippen molar-refractivity contribution in [1.29, 1.82) is 0 Å². The predicted molar refractivity (Wildman–Crippen MR) is 102 cm³/mol. The number of halogens is 1. The number of aliphatic imine (C=N–C) groups is 1. The molecule has 1 saturated carbocycles. The molecule has 0 amide bonds. The molecular formula is C19H25FN2O3S. The fourth-order valence-corrected chi connectivity index (χ4v) is 3.92. The maximum Gasteiger partial charge on any atom is 0.325 e. The number of benzene rings is 1. The van der Waals surface area contributed by atoms with Crippen LogP contribution < -0.4 is 0 Å². The van der Waals surface area contributed by atoms with Crippen LogP contribution in [0.2, 0.25) is 0 Å². The number of carboxylic acid groups (broad SMARTS) is 1. The van der Waals surface area contributed by atoms with Gasteiger partial charge in [-0.1, -0.05) is 43.2 Å². The van der Waals surface area contributed by atoms with E-state index in [1.54, 1.807) is 12.1 Å². The zero-order valence-corrected chi connectivity index (χ0v) is 15.8. The number of carboxylic acids is 1. The van der Waals surface area contributed by atoms with Crippen molar-refractivity contribution in [3.63, 3.8) is 0 Å². The van der Waals surface area contributed by atoms with Crippen molar-refractivity contribution in [3.8, 4) is 0 Å². The molecule has 2 rings (SSSR count). The maximum atomic E-state index is 13.2. The normalized spacial score (nSPS) is 15.7. The summed E-state index contributed by atoms with van der Waals surface area (Å²) in [6, 6.07) is 6.56. The largest absolute Gasteiger partial charge is 0.480 e. The first-order valence-electron chi connectivity index (χ1n) is 8.85. The maximum absolute atomic E-state index is 13.2. The van der Waals surface area contributed by atoms with E-state index in [2.05, 4.69) is 9.89 Å². The first-order chi connectivity index (χ1) is 12.5. The van der Waals surface area contributed by atoms with Crippen molar-refractivity contribution in [2.75, 3.05) is 12.3 Å². The van der Waals surface area contributed by atoms with Crippen LogP contribution in [0.5, 0.6) is 0 Å². The van der Waals surface area contributed by atoms with Crippen molar-refractivity contribution in [2.24, 2.45) is 4.99 Å². The third kappa shape index (κ3) is 6.78. The number of carbonyl (C=O) groups excluding carboxylic acids is 1. The van der Waals surface area contributed by atoms with E-state index >= 15 is 0 Å². The van der Waals surface area contributed by atoms with Gasteiger partial charge < -0.3 is 10.0 Å². The van der Waals surface area contributed by atoms with Gasteiger partial charge in [0.2, 0.25) is 0 Å². The highest BCUT2D eigenvalue weighted by Crippen LogP contribution is 2.27. The Labute approximate surface area is 157 Å². The molecule has 26 heavy (non-hydrogen) atoms. The van der Waals surface area contributed by atoms with Crippen LogP contribution in [0.15, 0.2) is 29.3 Å². The summed E-state index contributed by atoms with van der Waals surface area (Å²) in [5, 5.41) is 9.59. The fraction of sp³-hybridized carbons (Fsp3) is 0.526. The van der Waals surface area contributed by atoms with Gasteiger partial charge in [-0.15, -0.1) is 0 Å². The summed E-state index contributed by atoms with van der Waals surface area (Å²) in [6.07, 6.45) is 5.45. The van der Waals surface area contributed by atoms with Gasteiger partial charge in [0.1, 0.15) is 18.1 Å². The van der Waals surface area contributed by atoms with Crippen LogP contribution in [0, 0.1) is 5.82 Å². The third-order valence-electron chi connectivity index (χ3n) is 4.28.